The third kappa shape index (κ3) is 6.53. The summed E-state index contributed by atoms with van der Waals surface area (Å²) in [4.78, 5) is 10.8. The van der Waals surface area contributed by atoms with E-state index < -0.39 is 5.97 Å². The third-order valence-corrected chi connectivity index (χ3v) is 3.74. The van der Waals surface area contributed by atoms with E-state index in [1.165, 1.54) is 38.5 Å². The monoisotopic (exact) mass is 284 g/mol. The van der Waals surface area contributed by atoms with Gasteiger partial charge in [-0.05, 0) is 19.3 Å². The maximum atomic E-state index is 10.8. The van der Waals surface area contributed by atoms with Crippen LogP contribution in [0.5, 0.6) is 0 Å². The van der Waals surface area contributed by atoms with Gasteiger partial charge in [0.2, 0.25) is 0 Å². The molecule has 1 saturated carbocycles. The van der Waals surface area contributed by atoms with Crippen molar-refractivity contribution < 1.29 is 19.0 Å². The summed E-state index contributed by atoms with van der Waals surface area (Å²) < 4.78 is 16.3. The average Bonchev–Trinajstić information content (AvgIpc) is 2.47. The van der Waals surface area contributed by atoms with E-state index >= 15 is 0 Å². The topological polar surface area (TPSA) is 44.8 Å². The molecule has 4 heteroatoms. The van der Waals surface area contributed by atoms with Gasteiger partial charge >= 0.3 is 5.97 Å². The quantitative estimate of drug-likeness (QED) is 0.351. The minimum atomic E-state index is -0.408. The lowest BCUT2D eigenvalue weighted by atomic mass is 9.81. The summed E-state index contributed by atoms with van der Waals surface area (Å²) in [6, 6.07) is 0. The Morgan fingerprint density at radius 1 is 1.15 bits per heavy atom. The first-order valence-corrected chi connectivity index (χ1v) is 7.73. The molecule has 0 spiro atoms. The molecule has 0 radical (unpaired) electrons. The van der Waals surface area contributed by atoms with E-state index in [2.05, 4.69) is 13.5 Å². The van der Waals surface area contributed by atoms with Crippen molar-refractivity contribution in [2.24, 2.45) is 0 Å². The number of carbonyl (C=O) groups excluding carboxylic acids is 1. The van der Waals surface area contributed by atoms with Crippen LogP contribution in [0.2, 0.25) is 0 Å². The van der Waals surface area contributed by atoms with Gasteiger partial charge < -0.3 is 14.2 Å². The second-order valence-electron chi connectivity index (χ2n) is 5.33. The van der Waals surface area contributed by atoms with Gasteiger partial charge in [0.1, 0.15) is 6.61 Å². The Bertz CT molecular complexity index is 277. The van der Waals surface area contributed by atoms with Gasteiger partial charge in [-0.2, -0.15) is 0 Å². The summed E-state index contributed by atoms with van der Waals surface area (Å²) in [6.07, 6.45) is 9.70. The molecule has 1 aliphatic carbocycles. The molecular weight excluding hydrogens is 256 g/mol. The molecule has 4 nitrogen and oxygen atoms in total. The Balaban J connectivity index is 2.08. The van der Waals surface area contributed by atoms with Crippen LogP contribution >= 0.6 is 0 Å². The Morgan fingerprint density at radius 3 is 2.50 bits per heavy atom. The molecule has 0 aliphatic heterocycles. The van der Waals surface area contributed by atoms with Gasteiger partial charge in [0.25, 0.3) is 0 Å². The number of esters is 1. The van der Waals surface area contributed by atoms with Crippen LogP contribution < -0.4 is 0 Å². The van der Waals surface area contributed by atoms with E-state index in [0.717, 1.165) is 12.5 Å². The van der Waals surface area contributed by atoms with Crippen molar-refractivity contribution in [3.63, 3.8) is 0 Å². The number of carbonyl (C=O) groups is 1. The fourth-order valence-electron chi connectivity index (χ4n) is 2.80. The third-order valence-electron chi connectivity index (χ3n) is 3.74. The summed E-state index contributed by atoms with van der Waals surface area (Å²) in [5, 5.41) is 0. The molecular formula is C16H28O4. The van der Waals surface area contributed by atoms with E-state index in [-0.39, 0.29) is 12.2 Å². The first kappa shape index (κ1) is 17.2. The zero-order chi connectivity index (χ0) is 14.7. The standard InChI is InChI=1S/C16H28O4/c1-3-8-16(9-6-5-7-10-16)20-14-12-18-11-13-19-15(17)4-2/h4H,2-3,5-14H2,1H3. The van der Waals surface area contributed by atoms with Gasteiger partial charge in [-0.25, -0.2) is 4.79 Å². The summed E-state index contributed by atoms with van der Waals surface area (Å²) in [5.74, 6) is -0.408. The zero-order valence-electron chi connectivity index (χ0n) is 12.7. The lowest BCUT2D eigenvalue weighted by molar-refractivity contribution is -0.139. The highest BCUT2D eigenvalue weighted by Crippen LogP contribution is 2.35. The molecule has 1 fully saturated rings. The fourth-order valence-corrected chi connectivity index (χ4v) is 2.80. The van der Waals surface area contributed by atoms with E-state index in [9.17, 15) is 4.79 Å². The molecule has 0 saturated heterocycles. The van der Waals surface area contributed by atoms with Crippen LogP contribution in [-0.2, 0) is 19.0 Å². The molecule has 0 unspecified atom stereocenters. The number of ether oxygens (including phenoxy) is 3. The summed E-state index contributed by atoms with van der Waals surface area (Å²) in [7, 11) is 0. The Morgan fingerprint density at radius 2 is 1.85 bits per heavy atom. The van der Waals surface area contributed by atoms with Gasteiger partial charge in [-0.15, -0.1) is 0 Å². The molecule has 0 N–H and O–H groups in total. The van der Waals surface area contributed by atoms with Crippen molar-refractivity contribution in [3.05, 3.63) is 12.7 Å². The largest absolute Gasteiger partial charge is 0.460 e. The van der Waals surface area contributed by atoms with Crippen LogP contribution in [0.4, 0.5) is 0 Å². The van der Waals surface area contributed by atoms with E-state index in [1.807, 2.05) is 0 Å². The highest BCUT2D eigenvalue weighted by molar-refractivity contribution is 5.81. The number of hydrogen-bond acceptors (Lipinski definition) is 4. The van der Waals surface area contributed by atoms with E-state index in [0.29, 0.717) is 19.8 Å². The van der Waals surface area contributed by atoms with Crippen molar-refractivity contribution >= 4 is 5.97 Å². The normalized spacial score (nSPS) is 17.6. The van der Waals surface area contributed by atoms with Crippen molar-refractivity contribution in [2.45, 2.75) is 57.5 Å². The Hall–Kier alpha value is -0.870. The minimum absolute atomic E-state index is 0.0890. The van der Waals surface area contributed by atoms with Crippen LogP contribution in [0.25, 0.3) is 0 Å². The SMILES string of the molecule is C=CC(=O)OCCOCCOC1(CCC)CCCCC1. The average molecular weight is 284 g/mol. The molecule has 0 atom stereocenters. The Kier molecular flexibility index (Phi) is 8.54. The maximum absolute atomic E-state index is 10.8. The molecule has 0 bridgehead atoms. The van der Waals surface area contributed by atoms with E-state index in [1.54, 1.807) is 0 Å². The van der Waals surface area contributed by atoms with Crippen LogP contribution in [-0.4, -0.2) is 38.0 Å². The van der Waals surface area contributed by atoms with Gasteiger partial charge in [0, 0.05) is 6.08 Å². The summed E-state index contributed by atoms with van der Waals surface area (Å²) in [5.41, 5.74) is 0.0890. The van der Waals surface area contributed by atoms with E-state index in [4.69, 9.17) is 14.2 Å². The molecule has 0 amide bonds. The Labute approximate surface area is 122 Å². The smallest absolute Gasteiger partial charge is 0.330 e. The zero-order valence-corrected chi connectivity index (χ0v) is 12.7. The molecule has 116 valence electrons. The predicted molar refractivity (Wildman–Crippen MR) is 78.7 cm³/mol. The van der Waals surface area contributed by atoms with Crippen LogP contribution in [0.15, 0.2) is 12.7 Å². The highest BCUT2D eigenvalue weighted by Gasteiger charge is 2.31. The molecule has 0 heterocycles. The molecule has 1 rings (SSSR count). The second kappa shape index (κ2) is 9.94. The maximum Gasteiger partial charge on any atom is 0.330 e. The fraction of sp³-hybridized carbons (Fsp3) is 0.812. The highest BCUT2D eigenvalue weighted by atomic mass is 16.6. The van der Waals surface area contributed by atoms with Gasteiger partial charge in [-0.1, -0.05) is 39.2 Å². The van der Waals surface area contributed by atoms with Crippen molar-refractivity contribution in [3.8, 4) is 0 Å². The first-order chi connectivity index (χ1) is 9.72. The summed E-state index contributed by atoms with van der Waals surface area (Å²) in [6.45, 7) is 7.39. The lowest BCUT2D eigenvalue weighted by Crippen LogP contribution is -2.36. The number of rotatable bonds is 10. The molecule has 0 aromatic carbocycles. The molecule has 0 aromatic rings. The molecule has 0 aromatic heterocycles. The lowest BCUT2D eigenvalue weighted by Gasteiger charge is -2.37. The van der Waals surface area contributed by atoms with Crippen LogP contribution in [0.1, 0.15) is 51.9 Å². The predicted octanol–water partition coefficient (Wildman–Crippen LogP) is 3.25. The van der Waals surface area contributed by atoms with Crippen LogP contribution in [0.3, 0.4) is 0 Å². The van der Waals surface area contributed by atoms with Gasteiger partial charge in [-0.3, -0.25) is 0 Å². The molecule has 1 aliphatic rings. The van der Waals surface area contributed by atoms with Gasteiger partial charge in [0.05, 0.1) is 25.4 Å². The molecule has 20 heavy (non-hydrogen) atoms. The first-order valence-electron chi connectivity index (χ1n) is 7.73. The van der Waals surface area contributed by atoms with Crippen molar-refractivity contribution in [2.75, 3.05) is 26.4 Å². The second-order valence-corrected chi connectivity index (χ2v) is 5.33. The van der Waals surface area contributed by atoms with Crippen molar-refractivity contribution in [1.82, 2.24) is 0 Å². The minimum Gasteiger partial charge on any atom is -0.460 e. The summed E-state index contributed by atoms with van der Waals surface area (Å²) >= 11 is 0. The van der Waals surface area contributed by atoms with Crippen LogP contribution in [0, 0.1) is 0 Å². The van der Waals surface area contributed by atoms with Gasteiger partial charge in [0.15, 0.2) is 0 Å². The number of hydrogen-bond donors (Lipinski definition) is 0. The van der Waals surface area contributed by atoms with Crippen molar-refractivity contribution in [1.29, 1.82) is 0 Å².